The quantitative estimate of drug-likeness (QED) is 0.768. The van der Waals surface area contributed by atoms with Crippen LogP contribution in [0.2, 0.25) is 0 Å². The number of amides is 3. The first-order valence-corrected chi connectivity index (χ1v) is 6.61. The fourth-order valence-electron chi connectivity index (χ4n) is 1.86. The number of hydrogen-bond acceptors (Lipinski definition) is 3. The van der Waals surface area contributed by atoms with Crippen molar-refractivity contribution in [1.29, 1.82) is 0 Å². The van der Waals surface area contributed by atoms with Crippen LogP contribution in [0.5, 0.6) is 0 Å². The number of carbonyl (C=O) groups is 3. The minimum absolute atomic E-state index is 0.0157. The van der Waals surface area contributed by atoms with E-state index in [2.05, 4.69) is 26.1 Å². The molecule has 0 aliphatic carbocycles. The lowest BCUT2D eigenvalue weighted by atomic mass is 9.79. The van der Waals surface area contributed by atoms with E-state index in [4.69, 9.17) is 0 Å². The largest absolute Gasteiger partial charge is 0.319 e. The van der Waals surface area contributed by atoms with E-state index in [0.717, 1.165) is 0 Å². The van der Waals surface area contributed by atoms with Crippen LogP contribution in [0.15, 0.2) is 0 Å². The van der Waals surface area contributed by atoms with E-state index >= 15 is 0 Å². The van der Waals surface area contributed by atoms with E-state index in [-0.39, 0.29) is 23.8 Å². The first-order chi connectivity index (χ1) is 8.46. The van der Waals surface area contributed by atoms with E-state index in [0.29, 0.717) is 6.42 Å². The van der Waals surface area contributed by atoms with Gasteiger partial charge in [-0.25, -0.2) is 0 Å². The Balaban J connectivity index is 2.86. The second-order valence-electron chi connectivity index (χ2n) is 6.89. The van der Waals surface area contributed by atoms with Crippen molar-refractivity contribution >= 4 is 17.7 Å². The molecule has 0 bridgehead atoms. The molecule has 5 nitrogen and oxygen atoms in total. The van der Waals surface area contributed by atoms with Gasteiger partial charge in [-0.3, -0.25) is 19.7 Å². The van der Waals surface area contributed by atoms with Gasteiger partial charge in [0.1, 0.15) is 12.1 Å². The van der Waals surface area contributed by atoms with Crippen LogP contribution in [0.1, 0.15) is 48.0 Å². The molecule has 1 rings (SSSR count). The predicted octanol–water partition coefficient (Wildman–Crippen LogP) is 1.32. The van der Waals surface area contributed by atoms with Gasteiger partial charge >= 0.3 is 0 Å². The fourth-order valence-corrected chi connectivity index (χ4v) is 1.86. The molecule has 1 aliphatic rings. The van der Waals surface area contributed by atoms with Crippen molar-refractivity contribution in [2.45, 2.75) is 53.5 Å². The summed E-state index contributed by atoms with van der Waals surface area (Å²) in [4.78, 5) is 37.0. The summed E-state index contributed by atoms with van der Waals surface area (Å²) in [5.74, 6) is -0.798. The number of piperazine rings is 1. The van der Waals surface area contributed by atoms with Crippen molar-refractivity contribution in [2.75, 3.05) is 6.54 Å². The van der Waals surface area contributed by atoms with Crippen LogP contribution in [0, 0.1) is 11.3 Å². The van der Waals surface area contributed by atoms with Crippen molar-refractivity contribution in [2.24, 2.45) is 11.3 Å². The first-order valence-electron chi connectivity index (χ1n) is 6.61. The second kappa shape index (κ2) is 4.94. The van der Waals surface area contributed by atoms with E-state index in [1.807, 2.05) is 6.92 Å². The van der Waals surface area contributed by atoms with Crippen molar-refractivity contribution in [3.63, 3.8) is 0 Å². The Bertz CT molecular complexity index is 407. The molecule has 19 heavy (non-hydrogen) atoms. The normalized spacial score (nSPS) is 21.1. The van der Waals surface area contributed by atoms with Gasteiger partial charge in [0.15, 0.2) is 0 Å². The third-order valence-corrected chi connectivity index (χ3v) is 4.05. The van der Waals surface area contributed by atoms with Gasteiger partial charge in [-0.2, -0.15) is 0 Å². The van der Waals surface area contributed by atoms with Gasteiger partial charge in [-0.1, -0.05) is 27.7 Å². The zero-order valence-electron chi connectivity index (χ0n) is 12.7. The summed E-state index contributed by atoms with van der Waals surface area (Å²) < 4.78 is 0. The summed E-state index contributed by atoms with van der Waals surface area (Å²) in [6.07, 6.45) is 0.341. The number of nitrogens with zero attached hydrogens (tertiary/aromatic N) is 1. The molecular formula is C14H24N2O3. The summed E-state index contributed by atoms with van der Waals surface area (Å²) in [6.45, 7) is 11.5. The molecule has 0 aromatic rings. The molecule has 0 radical (unpaired) electrons. The molecule has 0 saturated carbocycles. The molecule has 108 valence electrons. The molecule has 1 aliphatic heterocycles. The Morgan fingerprint density at radius 3 is 2.37 bits per heavy atom. The highest BCUT2D eigenvalue weighted by Gasteiger charge is 2.43. The lowest BCUT2D eigenvalue weighted by molar-refractivity contribution is -0.156. The Labute approximate surface area is 114 Å². The van der Waals surface area contributed by atoms with Gasteiger partial charge in [0, 0.05) is 6.42 Å². The minimum Gasteiger partial charge on any atom is -0.319 e. The summed E-state index contributed by atoms with van der Waals surface area (Å²) >= 11 is 0. The lowest BCUT2D eigenvalue weighted by Crippen LogP contribution is -2.65. The molecule has 3 amide bonds. The smallest absolute Gasteiger partial charge is 0.252 e. The topological polar surface area (TPSA) is 66.5 Å². The van der Waals surface area contributed by atoms with Crippen LogP contribution in [0.3, 0.4) is 0 Å². The van der Waals surface area contributed by atoms with Crippen molar-refractivity contribution in [1.82, 2.24) is 10.2 Å². The highest BCUT2D eigenvalue weighted by molar-refractivity contribution is 6.06. The summed E-state index contributed by atoms with van der Waals surface area (Å²) in [5.41, 5.74) is -0.954. The van der Waals surface area contributed by atoms with Gasteiger partial charge in [-0.05, 0) is 25.2 Å². The molecule has 1 fully saturated rings. The fraction of sp³-hybridized carbons (Fsp3) is 0.786. The Hall–Kier alpha value is -1.39. The number of carbonyl (C=O) groups excluding carboxylic acids is 3. The Kier molecular flexibility index (Phi) is 4.08. The van der Waals surface area contributed by atoms with E-state index in [1.54, 1.807) is 13.8 Å². The van der Waals surface area contributed by atoms with Crippen LogP contribution in [-0.2, 0) is 14.4 Å². The maximum absolute atomic E-state index is 12.4. The Morgan fingerprint density at radius 1 is 1.37 bits per heavy atom. The third-order valence-electron chi connectivity index (χ3n) is 4.05. The predicted molar refractivity (Wildman–Crippen MR) is 72.2 cm³/mol. The molecule has 5 heteroatoms. The highest BCUT2D eigenvalue weighted by Crippen LogP contribution is 2.30. The van der Waals surface area contributed by atoms with Gasteiger partial charge in [-0.15, -0.1) is 0 Å². The molecule has 1 heterocycles. The van der Waals surface area contributed by atoms with E-state index in [1.165, 1.54) is 4.90 Å². The molecule has 0 spiro atoms. The minimum atomic E-state index is -0.970. The third kappa shape index (κ3) is 3.33. The molecule has 1 N–H and O–H groups in total. The van der Waals surface area contributed by atoms with E-state index in [9.17, 15) is 14.4 Å². The maximum atomic E-state index is 12.4. The zero-order chi connectivity index (χ0) is 15.0. The van der Waals surface area contributed by atoms with Crippen LogP contribution in [0.4, 0.5) is 0 Å². The summed E-state index contributed by atoms with van der Waals surface area (Å²) in [5, 5.41) is 2.27. The van der Waals surface area contributed by atoms with Gasteiger partial charge in [0.25, 0.3) is 5.91 Å². The van der Waals surface area contributed by atoms with Crippen LogP contribution < -0.4 is 5.32 Å². The average Bonchev–Trinajstić information content (AvgIpc) is 2.22. The van der Waals surface area contributed by atoms with Crippen LogP contribution in [-0.4, -0.2) is 34.7 Å². The Morgan fingerprint density at radius 2 is 1.89 bits per heavy atom. The lowest BCUT2D eigenvalue weighted by Gasteiger charge is -2.41. The van der Waals surface area contributed by atoms with Crippen molar-refractivity contribution < 1.29 is 14.4 Å². The monoisotopic (exact) mass is 268 g/mol. The van der Waals surface area contributed by atoms with E-state index < -0.39 is 17.4 Å². The maximum Gasteiger partial charge on any atom is 0.252 e. The standard InChI is InChI=1S/C14H24N2O3/c1-9(13(2,3)4)7-11(18)16-8-10(17)15-12(19)14(16,5)6/h9H,7-8H2,1-6H3,(H,15,17,19). The van der Waals surface area contributed by atoms with Gasteiger partial charge in [0.05, 0.1) is 0 Å². The SMILES string of the molecule is CC(CC(=O)N1CC(=O)NC(=O)C1(C)C)C(C)(C)C. The molecule has 1 unspecified atom stereocenters. The zero-order valence-corrected chi connectivity index (χ0v) is 12.7. The average molecular weight is 268 g/mol. The summed E-state index contributed by atoms with van der Waals surface area (Å²) in [7, 11) is 0. The second-order valence-corrected chi connectivity index (χ2v) is 6.89. The molecular weight excluding hydrogens is 244 g/mol. The number of imide groups is 1. The highest BCUT2D eigenvalue weighted by atomic mass is 16.2. The molecule has 0 aromatic heterocycles. The van der Waals surface area contributed by atoms with Gasteiger partial charge in [0.2, 0.25) is 11.8 Å². The van der Waals surface area contributed by atoms with Crippen molar-refractivity contribution in [3.05, 3.63) is 0 Å². The van der Waals surface area contributed by atoms with Crippen LogP contribution >= 0.6 is 0 Å². The number of nitrogens with one attached hydrogen (secondary N) is 1. The molecule has 0 aromatic carbocycles. The van der Waals surface area contributed by atoms with Crippen LogP contribution in [0.25, 0.3) is 0 Å². The first kappa shape index (κ1) is 15.7. The number of hydrogen-bond donors (Lipinski definition) is 1. The molecule has 1 atom stereocenters. The molecule has 1 saturated heterocycles. The van der Waals surface area contributed by atoms with Gasteiger partial charge < -0.3 is 4.90 Å². The number of rotatable bonds is 2. The summed E-state index contributed by atoms with van der Waals surface area (Å²) in [6, 6.07) is 0. The van der Waals surface area contributed by atoms with Crippen molar-refractivity contribution in [3.8, 4) is 0 Å².